The zero-order chi connectivity index (χ0) is 17.6. The Morgan fingerprint density at radius 1 is 1.39 bits per heavy atom. The fourth-order valence-corrected chi connectivity index (χ4v) is 2.19. The summed E-state index contributed by atoms with van der Waals surface area (Å²) in [5.74, 6) is -2.49. The standard InChI is InChI=1S/C15H21N3O5/c1-3-11(18-8-4-5-9(2)14(18)21)13(20)17-10(15(22)23)6-7-12(16)19/h4-5,8,10-11H,3,6-7H2,1-2H3,(H2,16,19)(H,17,20)(H,22,23). The Hall–Kier alpha value is -2.64. The number of aliphatic carboxylic acids is 1. The third-order valence-corrected chi connectivity index (χ3v) is 3.48. The molecule has 1 heterocycles. The summed E-state index contributed by atoms with van der Waals surface area (Å²) in [6.07, 6.45) is 1.55. The van der Waals surface area contributed by atoms with Gasteiger partial charge in [-0.1, -0.05) is 13.0 Å². The molecule has 0 aromatic carbocycles. The van der Waals surface area contributed by atoms with Crippen molar-refractivity contribution in [2.75, 3.05) is 0 Å². The average Bonchev–Trinajstić information content (AvgIpc) is 2.48. The molecule has 2 amide bonds. The third kappa shape index (κ3) is 4.94. The van der Waals surface area contributed by atoms with Gasteiger partial charge in [0.25, 0.3) is 5.56 Å². The monoisotopic (exact) mass is 323 g/mol. The number of carbonyl (C=O) groups is 3. The highest BCUT2D eigenvalue weighted by Gasteiger charge is 2.26. The number of hydrogen-bond donors (Lipinski definition) is 3. The van der Waals surface area contributed by atoms with Gasteiger partial charge in [-0.3, -0.25) is 14.4 Å². The second-order valence-electron chi connectivity index (χ2n) is 5.23. The van der Waals surface area contributed by atoms with Crippen molar-refractivity contribution in [2.45, 2.75) is 45.2 Å². The molecule has 8 nitrogen and oxygen atoms in total. The molecule has 2 atom stereocenters. The summed E-state index contributed by atoms with van der Waals surface area (Å²) in [5, 5.41) is 11.5. The van der Waals surface area contributed by atoms with Gasteiger partial charge < -0.3 is 20.7 Å². The van der Waals surface area contributed by atoms with Crippen molar-refractivity contribution in [1.82, 2.24) is 9.88 Å². The molecule has 23 heavy (non-hydrogen) atoms. The van der Waals surface area contributed by atoms with Crippen LogP contribution in [0, 0.1) is 6.92 Å². The van der Waals surface area contributed by atoms with Crippen LogP contribution in [0.4, 0.5) is 0 Å². The number of aromatic nitrogens is 1. The Bertz CT molecular complexity index is 653. The molecule has 0 aliphatic carbocycles. The maximum atomic E-state index is 12.3. The van der Waals surface area contributed by atoms with E-state index in [4.69, 9.17) is 10.8 Å². The van der Waals surface area contributed by atoms with Crippen molar-refractivity contribution in [3.63, 3.8) is 0 Å². The van der Waals surface area contributed by atoms with Crippen LogP contribution in [0.25, 0.3) is 0 Å². The predicted octanol–water partition coefficient (Wildman–Crippen LogP) is -0.0573. The van der Waals surface area contributed by atoms with Crippen LogP contribution in [-0.2, 0) is 14.4 Å². The van der Waals surface area contributed by atoms with Gasteiger partial charge in [0.1, 0.15) is 12.1 Å². The summed E-state index contributed by atoms with van der Waals surface area (Å²) in [7, 11) is 0. The summed E-state index contributed by atoms with van der Waals surface area (Å²) < 4.78 is 1.28. The van der Waals surface area contributed by atoms with Crippen molar-refractivity contribution >= 4 is 17.8 Å². The molecule has 2 unspecified atom stereocenters. The van der Waals surface area contributed by atoms with E-state index in [1.165, 1.54) is 10.8 Å². The highest BCUT2D eigenvalue weighted by Crippen LogP contribution is 2.10. The molecule has 0 saturated carbocycles. The summed E-state index contributed by atoms with van der Waals surface area (Å²) in [5.41, 5.74) is 5.18. The van der Waals surface area contributed by atoms with Gasteiger partial charge in [-0.25, -0.2) is 4.79 Å². The summed E-state index contributed by atoms with van der Waals surface area (Å²) in [6, 6.07) is 1.23. The van der Waals surface area contributed by atoms with E-state index in [2.05, 4.69) is 5.32 Å². The Balaban J connectivity index is 2.95. The van der Waals surface area contributed by atoms with E-state index in [1.54, 1.807) is 26.0 Å². The minimum absolute atomic E-state index is 0.102. The Labute approximate surface area is 133 Å². The number of carboxylic acids is 1. The van der Waals surface area contributed by atoms with E-state index in [0.29, 0.717) is 12.0 Å². The highest BCUT2D eigenvalue weighted by molar-refractivity contribution is 5.86. The number of rotatable bonds is 8. The molecule has 0 aliphatic rings. The number of nitrogens with one attached hydrogen (secondary N) is 1. The van der Waals surface area contributed by atoms with Gasteiger partial charge in [-0.15, -0.1) is 0 Å². The van der Waals surface area contributed by atoms with Gasteiger partial charge in [0, 0.05) is 18.2 Å². The van der Waals surface area contributed by atoms with Gasteiger partial charge in [-0.05, 0) is 25.8 Å². The van der Waals surface area contributed by atoms with Gasteiger partial charge in [0.2, 0.25) is 11.8 Å². The van der Waals surface area contributed by atoms with Crippen molar-refractivity contribution in [3.8, 4) is 0 Å². The number of nitrogens with zero attached hydrogens (tertiary/aromatic N) is 1. The van der Waals surface area contributed by atoms with Crippen LogP contribution in [-0.4, -0.2) is 33.5 Å². The summed E-state index contributed by atoms with van der Waals surface area (Å²) in [4.78, 5) is 46.4. The molecule has 0 spiro atoms. The van der Waals surface area contributed by atoms with Crippen LogP contribution in [0.1, 0.15) is 37.8 Å². The Morgan fingerprint density at radius 2 is 2.04 bits per heavy atom. The molecule has 0 radical (unpaired) electrons. The Kier molecular flexibility index (Phi) is 6.49. The molecule has 1 aromatic rings. The first-order chi connectivity index (χ1) is 10.8. The zero-order valence-corrected chi connectivity index (χ0v) is 13.1. The van der Waals surface area contributed by atoms with E-state index in [1.807, 2.05) is 0 Å². The smallest absolute Gasteiger partial charge is 0.326 e. The van der Waals surface area contributed by atoms with Gasteiger partial charge >= 0.3 is 5.97 Å². The molecule has 0 fully saturated rings. The van der Waals surface area contributed by atoms with Crippen LogP contribution < -0.4 is 16.6 Å². The number of nitrogens with two attached hydrogens (primary N) is 1. The number of aryl methyl sites for hydroxylation is 1. The molecule has 0 saturated heterocycles. The fourth-order valence-electron chi connectivity index (χ4n) is 2.19. The van der Waals surface area contributed by atoms with E-state index >= 15 is 0 Å². The normalized spacial score (nSPS) is 13.1. The minimum Gasteiger partial charge on any atom is -0.480 e. The zero-order valence-electron chi connectivity index (χ0n) is 13.1. The van der Waals surface area contributed by atoms with Crippen molar-refractivity contribution in [3.05, 3.63) is 34.2 Å². The average molecular weight is 323 g/mol. The van der Waals surface area contributed by atoms with Gasteiger partial charge in [-0.2, -0.15) is 0 Å². The first kappa shape index (κ1) is 18.4. The maximum Gasteiger partial charge on any atom is 0.326 e. The molecule has 0 bridgehead atoms. The Morgan fingerprint density at radius 3 is 2.57 bits per heavy atom. The second kappa shape index (κ2) is 8.11. The lowest BCUT2D eigenvalue weighted by Crippen LogP contribution is -2.46. The van der Waals surface area contributed by atoms with Crippen molar-refractivity contribution in [2.24, 2.45) is 5.73 Å². The van der Waals surface area contributed by atoms with Gasteiger partial charge in [0.15, 0.2) is 0 Å². The molecule has 8 heteroatoms. The number of amides is 2. The molecule has 4 N–H and O–H groups in total. The van der Waals surface area contributed by atoms with E-state index in [0.717, 1.165) is 0 Å². The topological polar surface area (TPSA) is 131 Å². The quantitative estimate of drug-likeness (QED) is 0.617. The molecular weight excluding hydrogens is 302 g/mol. The first-order valence-corrected chi connectivity index (χ1v) is 7.27. The van der Waals surface area contributed by atoms with E-state index in [-0.39, 0.29) is 18.4 Å². The summed E-state index contributed by atoms with van der Waals surface area (Å²) >= 11 is 0. The SMILES string of the molecule is CCC(C(=O)NC(CCC(N)=O)C(=O)O)n1cccc(C)c1=O. The van der Waals surface area contributed by atoms with E-state index in [9.17, 15) is 19.2 Å². The largest absolute Gasteiger partial charge is 0.480 e. The predicted molar refractivity (Wildman–Crippen MR) is 82.8 cm³/mol. The molecule has 0 aliphatic heterocycles. The lowest BCUT2D eigenvalue weighted by atomic mass is 10.1. The lowest BCUT2D eigenvalue weighted by Gasteiger charge is -2.21. The number of pyridine rings is 1. The van der Waals surface area contributed by atoms with E-state index < -0.39 is 29.9 Å². The molecule has 126 valence electrons. The lowest BCUT2D eigenvalue weighted by molar-refractivity contribution is -0.142. The summed E-state index contributed by atoms with van der Waals surface area (Å²) in [6.45, 7) is 3.36. The van der Waals surface area contributed by atoms with Crippen LogP contribution in [0.5, 0.6) is 0 Å². The molecule has 1 aromatic heterocycles. The molecule has 1 rings (SSSR count). The van der Waals surface area contributed by atoms with Crippen molar-refractivity contribution < 1.29 is 19.5 Å². The van der Waals surface area contributed by atoms with Crippen molar-refractivity contribution in [1.29, 1.82) is 0 Å². The van der Waals surface area contributed by atoms with Gasteiger partial charge in [0.05, 0.1) is 0 Å². The second-order valence-corrected chi connectivity index (χ2v) is 5.23. The first-order valence-electron chi connectivity index (χ1n) is 7.27. The maximum absolute atomic E-state index is 12.3. The number of hydrogen-bond acceptors (Lipinski definition) is 4. The van der Waals surface area contributed by atoms with Crippen LogP contribution in [0.15, 0.2) is 23.1 Å². The minimum atomic E-state index is -1.26. The number of carboxylic acid groups (broad SMARTS) is 1. The van der Waals surface area contributed by atoms with Crippen LogP contribution >= 0.6 is 0 Å². The number of carbonyl (C=O) groups excluding carboxylic acids is 2. The highest BCUT2D eigenvalue weighted by atomic mass is 16.4. The molecular formula is C15H21N3O5. The van der Waals surface area contributed by atoms with Crippen LogP contribution in [0.3, 0.4) is 0 Å². The third-order valence-electron chi connectivity index (χ3n) is 3.48. The number of primary amides is 1. The fraction of sp³-hybridized carbons (Fsp3) is 0.467. The van der Waals surface area contributed by atoms with Crippen LogP contribution in [0.2, 0.25) is 0 Å².